The Hall–Kier alpha value is -1.95. The first kappa shape index (κ1) is 12.5. The van der Waals surface area contributed by atoms with Crippen LogP contribution < -0.4 is 8.37 Å². The molecule has 94 valence electrons. The molecule has 0 N–H and O–H groups in total. The molecular formula is C12H8F2O3S. The van der Waals surface area contributed by atoms with Crippen LogP contribution in [0.4, 0.5) is 8.78 Å². The van der Waals surface area contributed by atoms with E-state index < -0.39 is 23.0 Å². The van der Waals surface area contributed by atoms with Crippen molar-refractivity contribution in [3.63, 3.8) is 0 Å². The Bertz CT molecular complexity index is 491. The molecule has 2 rings (SSSR count). The Labute approximate surface area is 105 Å². The molecule has 0 fully saturated rings. The van der Waals surface area contributed by atoms with Crippen molar-refractivity contribution in [2.45, 2.75) is 0 Å². The lowest BCUT2D eigenvalue weighted by Crippen LogP contribution is -2.07. The summed E-state index contributed by atoms with van der Waals surface area (Å²) < 4.78 is 46.4. The number of benzene rings is 2. The Balaban J connectivity index is 1.96. The second-order valence-electron chi connectivity index (χ2n) is 3.28. The lowest BCUT2D eigenvalue weighted by Gasteiger charge is -2.05. The van der Waals surface area contributed by atoms with Gasteiger partial charge in [-0.1, -0.05) is 0 Å². The second-order valence-corrected chi connectivity index (χ2v) is 4.02. The van der Waals surface area contributed by atoms with E-state index in [4.69, 9.17) is 8.37 Å². The first-order valence-corrected chi connectivity index (χ1v) is 5.93. The average molecular weight is 270 g/mol. The number of halogens is 2. The largest absolute Gasteiger partial charge is 0.417 e. The molecule has 18 heavy (non-hydrogen) atoms. The summed E-state index contributed by atoms with van der Waals surface area (Å²) >= 11 is -2.08. The maximum atomic E-state index is 12.6. The van der Waals surface area contributed by atoms with Gasteiger partial charge in [-0.25, -0.2) is 8.78 Å². The predicted molar refractivity (Wildman–Crippen MR) is 62.2 cm³/mol. The molecule has 0 aliphatic rings. The van der Waals surface area contributed by atoms with Crippen molar-refractivity contribution in [2.24, 2.45) is 0 Å². The summed E-state index contributed by atoms with van der Waals surface area (Å²) in [4.78, 5) is 0. The third-order valence-electron chi connectivity index (χ3n) is 1.96. The smallest absolute Gasteiger partial charge is 0.371 e. The minimum atomic E-state index is -2.08. The Morgan fingerprint density at radius 3 is 1.39 bits per heavy atom. The average Bonchev–Trinajstić information content (AvgIpc) is 2.35. The maximum Gasteiger partial charge on any atom is 0.417 e. The molecule has 0 saturated carbocycles. The summed E-state index contributed by atoms with van der Waals surface area (Å²) in [6.07, 6.45) is 0. The van der Waals surface area contributed by atoms with Crippen molar-refractivity contribution in [1.82, 2.24) is 0 Å². The van der Waals surface area contributed by atoms with Crippen molar-refractivity contribution in [2.75, 3.05) is 0 Å². The van der Waals surface area contributed by atoms with Gasteiger partial charge in [0.25, 0.3) is 0 Å². The summed E-state index contributed by atoms with van der Waals surface area (Å²) in [5.41, 5.74) is 0. The highest BCUT2D eigenvalue weighted by Crippen LogP contribution is 2.16. The summed E-state index contributed by atoms with van der Waals surface area (Å²) in [5.74, 6) is -0.436. The highest BCUT2D eigenvalue weighted by molar-refractivity contribution is 7.75. The van der Waals surface area contributed by atoms with Crippen molar-refractivity contribution < 1.29 is 21.4 Å². The van der Waals surface area contributed by atoms with Gasteiger partial charge in [0, 0.05) is 0 Å². The molecule has 0 unspecified atom stereocenters. The summed E-state index contributed by atoms with van der Waals surface area (Å²) in [7, 11) is 0. The zero-order valence-electron chi connectivity index (χ0n) is 9.01. The van der Waals surface area contributed by atoms with Gasteiger partial charge in [0.1, 0.15) is 23.1 Å². The van der Waals surface area contributed by atoms with Gasteiger partial charge < -0.3 is 8.37 Å². The Morgan fingerprint density at radius 2 is 1.06 bits per heavy atom. The zero-order valence-corrected chi connectivity index (χ0v) is 9.82. The summed E-state index contributed by atoms with van der Waals surface area (Å²) in [5, 5.41) is 0. The van der Waals surface area contributed by atoms with E-state index in [0.29, 0.717) is 0 Å². The van der Waals surface area contributed by atoms with Crippen LogP contribution in [0.5, 0.6) is 11.5 Å². The van der Waals surface area contributed by atoms with Gasteiger partial charge in [0.15, 0.2) is 0 Å². The molecule has 0 bridgehead atoms. The quantitative estimate of drug-likeness (QED) is 0.856. The van der Waals surface area contributed by atoms with Gasteiger partial charge >= 0.3 is 11.4 Å². The molecule has 0 saturated heterocycles. The first-order valence-electron chi connectivity index (χ1n) is 4.93. The van der Waals surface area contributed by atoms with Gasteiger partial charge in [0.05, 0.1) is 0 Å². The van der Waals surface area contributed by atoms with E-state index in [1.54, 1.807) is 0 Å². The highest BCUT2D eigenvalue weighted by atomic mass is 32.2. The summed E-state index contributed by atoms with van der Waals surface area (Å²) in [6, 6.07) is 9.97. The third-order valence-corrected chi connectivity index (χ3v) is 2.61. The minimum absolute atomic E-state index is 0.205. The van der Waals surface area contributed by atoms with Crippen molar-refractivity contribution in [3.05, 3.63) is 60.2 Å². The first-order chi connectivity index (χ1) is 8.63. The molecular weight excluding hydrogens is 262 g/mol. The molecule has 6 heteroatoms. The van der Waals surface area contributed by atoms with Crippen molar-refractivity contribution >= 4 is 11.4 Å². The maximum absolute atomic E-state index is 12.6. The minimum Gasteiger partial charge on any atom is -0.371 e. The summed E-state index contributed by atoms with van der Waals surface area (Å²) in [6.45, 7) is 0. The lowest BCUT2D eigenvalue weighted by molar-refractivity contribution is 0.460. The molecule has 0 spiro atoms. The van der Waals surface area contributed by atoms with E-state index in [1.165, 1.54) is 48.5 Å². The number of hydrogen-bond donors (Lipinski definition) is 0. The molecule has 0 aromatic heterocycles. The van der Waals surface area contributed by atoms with Crippen LogP contribution >= 0.6 is 0 Å². The van der Waals surface area contributed by atoms with Gasteiger partial charge in [0.2, 0.25) is 0 Å². The van der Waals surface area contributed by atoms with Crippen LogP contribution in [0.15, 0.2) is 48.5 Å². The Kier molecular flexibility index (Phi) is 3.88. The standard InChI is InChI=1S/C12H8F2O3S/c13-9-1-5-11(6-2-9)16-18(15)17-12-7-3-10(14)4-8-12/h1-8H. The molecule has 0 aliphatic heterocycles. The second kappa shape index (κ2) is 5.59. The van der Waals surface area contributed by atoms with Crippen LogP contribution in [0, 0.1) is 11.6 Å². The van der Waals surface area contributed by atoms with Crippen LogP contribution in [0.3, 0.4) is 0 Å². The topological polar surface area (TPSA) is 35.5 Å². The van der Waals surface area contributed by atoms with E-state index in [2.05, 4.69) is 0 Å². The molecule has 0 radical (unpaired) electrons. The molecule has 3 nitrogen and oxygen atoms in total. The van der Waals surface area contributed by atoms with Crippen LogP contribution in [0.2, 0.25) is 0 Å². The van der Waals surface area contributed by atoms with Crippen molar-refractivity contribution in [1.29, 1.82) is 0 Å². The van der Waals surface area contributed by atoms with Crippen LogP contribution in [-0.4, -0.2) is 4.21 Å². The van der Waals surface area contributed by atoms with E-state index in [-0.39, 0.29) is 11.5 Å². The van der Waals surface area contributed by atoms with Crippen LogP contribution in [0.25, 0.3) is 0 Å². The highest BCUT2D eigenvalue weighted by Gasteiger charge is 2.06. The van der Waals surface area contributed by atoms with E-state index in [0.717, 1.165) is 0 Å². The van der Waals surface area contributed by atoms with Gasteiger partial charge in [-0.2, -0.15) is 4.21 Å². The van der Waals surface area contributed by atoms with Gasteiger partial charge in [-0.05, 0) is 48.5 Å². The normalized spacial score (nSPS) is 10.4. The fourth-order valence-corrected chi connectivity index (χ4v) is 1.72. The van der Waals surface area contributed by atoms with Crippen LogP contribution in [0.1, 0.15) is 0 Å². The zero-order chi connectivity index (χ0) is 13.0. The SMILES string of the molecule is O=S(Oc1ccc(F)cc1)Oc1ccc(F)cc1. The van der Waals surface area contributed by atoms with Gasteiger partial charge in [-0.3, -0.25) is 0 Å². The molecule has 2 aromatic rings. The molecule has 0 aliphatic carbocycles. The van der Waals surface area contributed by atoms with E-state index >= 15 is 0 Å². The molecule has 0 heterocycles. The number of hydrogen-bond acceptors (Lipinski definition) is 3. The molecule has 0 amide bonds. The number of rotatable bonds is 4. The molecule has 0 atom stereocenters. The predicted octanol–water partition coefficient (Wildman–Crippen LogP) is 3.00. The van der Waals surface area contributed by atoms with Gasteiger partial charge in [-0.15, -0.1) is 0 Å². The fraction of sp³-hybridized carbons (Fsp3) is 0. The Morgan fingerprint density at radius 1 is 0.722 bits per heavy atom. The van der Waals surface area contributed by atoms with Crippen LogP contribution in [-0.2, 0) is 11.4 Å². The molecule has 2 aromatic carbocycles. The van der Waals surface area contributed by atoms with E-state index in [9.17, 15) is 13.0 Å². The van der Waals surface area contributed by atoms with Crippen molar-refractivity contribution in [3.8, 4) is 11.5 Å². The lowest BCUT2D eigenvalue weighted by atomic mass is 10.3. The third kappa shape index (κ3) is 3.53. The monoisotopic (exact) mass is 270 g/mol. The fourth-order valence-electron chi connectivity index (χ4n) is 1.15. The van der Waals surface area contributed by atoms with E-state index in [1.807, 2.05) is 0 Å².